The van der Waals surface area contributed by atoms with E-state index in [2.05, 4.69) is 20.2 Å². The summed E-state index contributed by atoms with van der Waals surface area (Å²) in [7, 11) is 0. The first-order chi connectivity index (χ1) is 12.8. The van der Waals surface area contributed by atoms with Crippen LogP contribution in [0.2, 0.25) is 0 Å². The summed E-state index contributed by atoms with van der Waals surface area (Å²) >= 11 is 0. The van der Waals surface area contributed by atoms with Gasteiger partial charge < -0.3 is 19.7 Å². The summed E-state index contributed by atoms with van der Waals surface area (Å²) < 4.78 is 11.4. The van der Waals surface area contributed by atoms with E-state index in [0.29, 0.717) is 24.0 Å². The zero-order valence-corrected chi connectivity index (χ0v) is 14.5. The molecular weight excluding hydrogens is 332 g/mol. The number of carbonyl (C=O) groups is 1. The van der Waals surface area contributed by atoms with E-state index in [1.165, 1.54) is 0 Å². The zero-order chi connectivity index (χ0) is 17.8. The van der Waals surface area contributed by atoms with Gasteiger partial charge in [0.2, 0.25) is 12.1 Å². The molecular formula is C19H22N4O3. The van der Waals surface area contributed by atoms with Gasteiger partial charge in [-0.25, -0.2) is 9.97 Å². The lowest BCUT2D eigenvalue weighted by Crippen LogP contribution is -2.46. The highest BCUT2D eigenvalue weighted by Gasteiger charge is 2.28. The van der Waals surface area contributed by atoms with E-state index >= 15 is 0 Å². The third-order valence-electron chi connectivity index (χ3n) is 4.82. The number of ether oxygens (including phenoxy) is 2. The second-order valence-electron chi connectivity index (χ2n) is 6.59. The molecule has 2 aliphatic rings. The number of hydrogen-bond acceptors (Lipinski definition) is 6. The van der Waals surface area contributed by atoms with Crippen molar-refractivity contribution in [3.05, 3.63) is 42.7 Å². The lowest BCUT2D eigenvalue weighted by atomic mass is 9.97. The van der Waals surface area contributed by atoms with E-state index in [9.17, 15) is 4.79 Å². The average Bonchev–Trinajstić information content (AvgIpc) is 2.72. The Hall–Kier alpha value is -2.83. The molecule has 0 aliphatic carbocycles. The molecule has 1 aromatic carbocycles. The second-order valence-corrected chi connectivity index (χ2v) is 6.59. The molecule has 1 fully saturated rings. The first kappa shape index (κ1) is 16.6. The summed E-state index contributed by atoms with van der Waals surface area (Å²) in [4.78, 5) is 23.2. The Kier molecular flexibility index (Phi) is 4.86. The first-order valence-electron chi connectivity index (χ1n) is 8.98. The largest absolute Gasteiger partial charge is 0.485 e. The number of hydrogen-bond donors (Lipinski definition) is 1. The molecule has 7 nitrogen and oxygen atoms in total. The minimum absolute atomic E-state index is 0.117. The molecule has 136 valence electrons. The van der Waals surface area contributed by atoms with E-state index in [1.54, 1.807) is 12.4 Å². The molecule has 1 aromatic heterocycles. The van der Waals surface area contributed by atoms with Gasteiger partial charge in [0.25, 0.3) is 5.91 Å². The molecule has 1 N–H and O–H groups in total. The first-order valence-corrected chi connectivity index (χ1v) is 8.98. The Labute approximate surface area is 152 Å². The van der Waals surface area contributed by atoms with Gasteiger partial charge in [-0.1, -0.05) is 12.1 Å². The van der Waals surface area contributed by atoms with Crippen LogP contribution < -0.4 is 19.7 Å². The van der Waals surface area contributed by atoms with Crippen LogP contribution in [0.4, 0.5) is 5.95 Å². The predicted octanol–water partition coefficient (Wildman–Crippen LogP) is 1.65. The third-order valence-corrected chi connectivity index (χ3v) is 4.82. The van der Waals surface area contributed by atoms with Gasteiger partial charge >= 0.3 is 0 Å². The molecule has 26 heavy (non-hydrogen) atoms. The monoisotopic (exact) mass is 354 g/mol. The average molecular weight is 354 g/mol. The van der Waals surface area contributed by atoms with Crippen molar-refractivity contribution in [1.82, 2.24) is 15.3 Å². The van der Waals surface area contributed by atoms with Gasteiger partial charge in [0.05, 0.1) is 0 Å². The summed E-state index contributed by atoms with van der Waals surface area (Å²) in [5.41, 5.74) is 0. The fourth-order valence-electron chi connectivity index (χ4n) is 3.30. The molecule has 3 heterocycles. The Morgan fingerprint density at radius 3 is 2.62 bits per heavy atom. The van der Waals surface area contributed by atoms with Crippen molar-refractivity contribution in [2.75, 3.05) is 31.1 Å². The van der Waals surface area contributed by atoms with Gasteiger partial charge in [-0.05, 0) is 37.0 Å². The molecule has 4 rings (SSSR count). The lowest BCUT2D eigenvalue weighted by molar-refractivity contribution is -0.130. The molecule has 1 amide bonds. The normalized spacial score (nSPS) is 19.8. The Morgan fingerprint density at radius 2 is 1.85 bits per heavy atom. The maximum absolute atomic E-state index is 12.4. The molecule has 0 spiro atoms. The summed E-state index contributed by atoms with van der Waals surface area (Å²) in [6.45, 7) is 2.71. The van der Waals surface area contributed by atoms with Gasteiger partial charge in [0.1, 0.15) is 6.61 Å². The number of rotatable bonds is 4. The minimum atomic E-state index is -0.595. The van der Waals surface area contributed by atoms with Crippen LogP contribution >= 0.6 is 0 Å². The zero-order valence-electron chi connectivity index (χ0n) is 14.5. The highest BCUT2D eigenvalue weighted by atomic mass is 16.6. The predicted molar refractivity (Wildman–Crippen MR) is 96.3 cm³/mol. The lowest BCUT2D eigenvalue weighted by Gasteiger charge is -2.32. The van der Waals surface area contributed by atoms with E-state index in [0.717, 1.165) is 31.9 Å². The molecule has 0 saturated carbocycles. The number of piperidine rings is 1. The maximum Gasteiger partial charge on any atom is 0.264 e. The van der Waals surface area contributed by atoms with Crippen molar-refractivity contribution in [2.24, 2.45) is 5.92 Å². The van der Waals surface area contributed by atoms with Gasteiger partial charge in [-0.3, -0.25) is 4.79 Å². The molecule has 0 bridgehead atoms. The number of nitrogens with zero attached hydrogens (tertiary/aromatic N) is 3. The van der Waals surface area contributed by atoms with Crippen LogP contribution in [0.5, 0.6) is 11.5 Å². The number of para-hydroxylation sites is 2. The molecule has 0 radical (unpaired) electrons. The SMILES string of the molecule is O=C(NCC1CCN(c2ncccn2)CC1)C1COc2ccccc2O1. The van der Waals surface area contributed by atoms with Gasteiger partial charge in [0, 0.05) is 32.0 Å². The van der Waals surface area contributed by atoms with Gasteiger partial charge in [0.15, 0.2) is 11.5 Å². The molecule has 2 aromatic rings. The highest BCUT2D eigenvalue weighted by molar-refractivity contribution is 5.81. The summed E-state index contributed by atoms with van der Waals surface area (Å²) in [5, 5.41) is 3.01. The smallest absolute Gasteiger partial charge is 0.264 e. The maximum atomic E-state index is 12.4. The fourth-order valence-corrected chi connectivity index (χ4v) is 3.30. The van der Waals surface area contributed by atoms with Crippen LogP contribution in [0.15, 0.2) is 42.7 Å². The van der Waals surface area contributed by atoms with Crippen LogP contribution in [-0.2, 0) is 4.79 Å². The van der Waals surface area contributed by atoms with Gasteiger partial charge in [-0.2, -0.15) is 0 Å². The van der Waals surface area contributed by atoms with E-state index < -0.39 is 6.10 Å². The molecule has 1 saturated heterocycles. The fraction of sp³-hybridized carbons (Fsp3) is 0.421. The quantitative estimate of drug-likeness (QED) is 0.900. The van der Waals surface area contributed by atoms with Crippen LogP contribution in [0, 0.1) is 5.92 Å². The molecule has 1 atom stereocenters. The highest BCUT2D eigenvalue weighted by Crippen LogP contribution is 2.30. The summed E-state index contributed by atoms with van der Waals surface area (Å²) in [5.74, 6) is 2.42. The minimum Gasteiger partial charge on any atom is -0.485 e. The number of anilines is 1. The summed E-state index contributed by atoms with van der Waals surface area (Å²) in [6.07, 6.45) is 4.94. The molecule has 7 heteroatoms. The number of carbonyl (C=O) groups excluding carboxylic acids is 1. The number of benzene rings is 1. The van der Waals surface area contributed by atoms with E-state index in [4.69, 9.17) is 9.47 Å². The van der Waals surface area contributed by atoms with Gasteiger partial charge in [-0.15, -0.1) is 0 Å². The van der Waals surface area contributed by atoms with Crippen LogP contribution in [0.1, 0.15) is 12.8 Å². The van der Waals surface area contributed by atoms with Crippen molar-refractivity contribution in [3.63, 3.8) is 0 Å². The van der Waals surface area contributed by atoms with Crippen molar-refractivity contribution in [3.8, 4) is 11.5 Å². The number of amides is 1. The van der Waals surface area contributed by atoms with Crippen LogP contribution in [0.25, 0.3) is 0 Å². The van der Waals surface area contributed by atoms with Crippen molar-refractivity contribution < 1.29 is 14.3 Å². The van der Waals surface area contributed by atoms with E-state index in [-0.39, 0.29) is 12.5 Å². The Morgan fingerprint density at radius 1 is 1.12 bits per heavy atom. The molecule has 2 aliphatic heterocycles. The standard InChI is InChI=1S/C19H22N4O3/c24-18(17-13-25-15-4-1-2-5-16(15)26-17)22-12-14-6-10-23(11-7-14)19-20-8-3-9-21-19/h1-5,8-9,14,17H,6-7,10-13H2,(H,22,24). The Bertz CT molecular complexity index is 747. The van der Waals surface area contributed by atoms with Crippen LogP contribution in [-0.4, -0.2) is 48.2 Å². The topological polar surface area (TPSA) is 76.6 Å². The Balaban J connectivity index is 1.23. The van der Waals surface area contributed by atoms with Crippen LogP contribution in [0.3, 0.4) is 0 Å². The van der Waals surface area contributed by atoms with E-state index in [1.807, 2.05) is 30.3 Å². The number of aromatic nitrogens is 2. The van der Waals surface area contributed by atoms with Crippen molar-refractivity contribution >= 4 is 11.9 Å². The number of fused-ring (bicyclic) bond motifs is 1. The third kappa shape index (κ3) is 3.71. The molecule has 1 unspecified atom stereocenters. The number of nitrogens with one attached hydrogen (secondary N) is 1. The second kappa shape index (κ2) is 7.59. The van der Waals surface area contributed by atoms with Crippen molar-refractivity contribution in [1.29, 1.82) is 0 Å². The van der Waals surface area contributed by atoms with Crippen molar-refractivity contribution in [2.45, 2.75) is 18.9 Å². The summed E-state index contributed by atoms with van der Waals surface area (Å²) in [6, 6.07) is 9.23.